The molecule has 0 amide bonds. The molecule has 1 fully saturated rings. The normalized spacial score (nSPS) is 34.0. The van der Waals surface area contributed by atoms with Crippen molar-refractivity contribution < 1.29 is 0 Å². The molecule has 0 atom stereocenters. The quantitative estimate of drug-likeness (QED) is 0.449. The molecule has 18 heavy (non-hydrogen) atoms. The number of rotatable bonds is 0. The highest BCUT2D eigenvalue weighted by Crippen LogP contribution is 2.79. The van der Waals surface area contributed by atoms with E-state index in [-0.39, 0.29) is 0 Å². The Morgan fingerprint density at radius 3 is 0.889 bits per heavy atom. The van der Waals surface area contributed by atoms with Crippen molar-refractivity contribution in [1.82, 2.24) is 0 Å². The van der Waals surface area contributed by atoms with Gasteiger partial charge in [0.25, 0.3) is 0 Å². The molecule has 108 valence electrons. The largest absolute Gasteiger partial charge is 0.0685 e. The molecule has 1 aliphatic heterocycles. The van der Waals surface area contributed by atoms with Gasteiger partial charge in [0.15, 0.2) is 0 Å². The summed E-state index contributed by atoms with van der Waals surface area (Å²) in [6, 6.07) is 0. The maximum atomic E-state index is 2.62. The summed E-state index contributed by atoms with van der Waals surface area (Å²) < 4.78 is 0. The van der Waals surface area contributed by atoms with E-state index in [0.29, 0.717) is 26.3 Å². The van der Waals surface area contributed by atoms with Crippen molar-refractivity contribution in [1.29, 1.82) is 0 Å². The zero-order valence-corrected chi connectivity index (χ0v) is 16.0. The third kappa shape index (κ3) is 1.28. The van der Waals surface area contributed by atoms with E-state index < -0.39 is 8.07 Å². The topological polar surface area (TPSA) is 0 Å². The van der Waals surface area contributed by atoms with Crippen molar-refractivity contribution in [3.05, 3.63) is 0 Å². The minimum Gasteiger partial charge on any atom is -0.0685 e. The molecule has 0 aliphatic carbocycles. The van der Waals surface area contributed by atoms with Gasteiger partial charge in [-0.3, -0.25) is 0 Å². The molecular formula is C17H36Si. The predicted octanol–water partition coefficient (Wildman–Crippen LogP) is 6.35. The van der Waals surface area contributed by atoms with E-state index in [4.69, 9.17) is 0 Å². The van der Waals surface area contributed by atoms with Crippen molar-refractivity contribution in [2.45, 2.75) is 92.4 Å². The van der Waals surface area contributed by atoms with E-state index in [9.17, 15) is 0 Å². The molecular weight excluding hydrogens is 232 g/mol. The monoisotopic (exact) mass is 268 g/mol. The fraction of sp³-hybridized carbons (Fsp3) is 1.00. The fourth-order valence-electron chi connectivity index (χ4n) is 4.69. The van der Waals surface area contributed by atoms with Crippen LogP contribution in [0.4, 0.5) is 0 Å². The smallest absolute Gasteiger partial charge is 0.0598 e. The molecule has 0 radical (unpaired) electrons. The molecule has 0 unspecified atom stereocenters. The molecule has 1 aliphatic rings. The average Bonchev–Trinajstić information content (AvgIpc) is 2.14. The zero-order chi connectivity index (χ0) is 15.0. The first-order chi connectivity index (χ1) is 7.50. The second-order valence-corrected chi connectivity index (χ2v) is 15.5. The summed E-state index contributed by atoms with van der Waals surface area (Å²) in [4.78, 5) is 0. The van der Waals surface area contributed by atoms with Gasteiger partial charge in [0, 0.05) is 0 Å². The van der Waals surface area contributed by atoms with E-state index in [2.05, 4.69) is 82.3 Å². The van der Waals surface area contributed by atoms with Crippen LogP contribution in [0.15, 0.2) is 0 Å². The molecule has 0 aromatic carbocycles. The molecule has 1 heteroatoms. The first kappa shape index (κ1) is 16.3. The van der Waals surface area contributed by atoms with E-state index >= 15 is 0 Å². The Labute approximate surface area is 117 Å². The van der Waals surface area contributed by atoms with Crippen molar-refractivity contribution in [3.8, 4) is 0 Å². The Kier molecular flexibility index (Phi) is 3.12. The minimum atomic E-state index is -1.41. The summed E-state index contributed by atoms with van der Waals surface area (Å²) in [5, 5.41) is 0.866. The zero-order valence-electron chi connectivity index (χ0n) is 15.0. The molecule has 0 nitrogen and oxygen atoms in total. The Morgan fingerprint density at radius 1 is 0.444 bits per heavy atom. The lowest BCUT2D eigenvalue weighted by Crippen LogP contribution is -2.70. The molecule has 1 rings (SSSR count). The highest BCUT2D eigenvalue weighted by Gasteiger charge is 2.72. The van der Waals surface area contributed by atoms with Gasteiger partial charge in [-0.05, 0) is 26.3 Å². The lowest BCUT2D eigenvalue weighted by atomic mass is 9.47. The first-order valence-electron chi connectivity index (χ1n) is 7.50. The van der Waals surface area contributed by atoms with Gasteiger partial charge in [-0.25, -0.2) is 0 Å². The Bertz CT molecular complexity index is 237. The van der Waals surface area contributed by atoms with Crippen LogP contribution in [0.5, 0.6) is 0 Å². The molecule has 0 aromatic heterocycles. The summed E-state index contributed by atoms with van der Waals surface area (Å²) in [6.07, 6.45) is 0. The third-order valence-electron chi connectivity index (χ3n) is 9.38. The van der Waals surface area contributed by atoms with Gasteiger partial charge in [0.1, 0.15) is 0 Å². The van der Waals surface area contributed by atoms with Crippen LogP contribution in [0.2, 0.25) is 23.2 Å². The van der Waals surface area contributed by atoms with Gasteiger partial charge in [0.2, 0.25) is 0 Å². The first-order valence-corrected chi connectivity index (χ1v) is 10.5. The highest BCUT2D eigenvalue weighted by atomic mass is 28.3. The molecule has 0 bridgehead atoms. The van der Waals surface area contributed by atoms with Gasteiger partial charge in [-0.2, -0.15) is 0 Å². The van der Waals surface area contributed by atoms with Crippen LogP contribution in [0, 0.1) is 16.2 Å². The van der Waals surface area contributed by atoms with E-state index in [1.807, 2.05) is 0 Å². The SMILES string of the molecule is CC1(C)C(C)(C)C(C)(C)[Si](C)(C)C(C)(C)C1(C)C. The van der Waals surface area contributed by atoms with Gasteiger partial charge < -0.3 is 0 Å². The van der Waals surface area contributed by atoms with Crippen molar-refractivity contribution in [3.63, 3.8) is 0 Å². The molecule has 0 saturated carbocycles. The van der Waals surface area contributed by atoms with Crippen LogP contribution in [0.25, 0.3) is 0 Å². The molecule has 1 saturated heterocycles. The van der Waals surface area contributed by atoms with E-state index in [0.717, 1.165) is 0 Å². The Morgan fingerprint density at radius 2 is 0.667 bits per heavy atom. The van der Waals surface area contributed by atoms with Crippen molar-refractivity contribution in [2.24, 2.45) is 16.2 Å². The van der Waals surface area contributed by atoms with Crippen LogP contribution < -0.4 is 0 Å². The lowest BCUT2D eigenvalue weighted by Gasteiger charge is -2.76. The van der Waals surface area contributed by atoms with Crippen LogP contribution in [-0.2, 0) is 0 Å². The Hall–Kier alpha value is 0.217. The van der Waals surface area contributed by atoms with Crippen LogP contribution in [0.3, 0.4) is 0 Å². The highest BCUT2D eigenvalue weighted by molar-refractivity contribution is 6.83. The van der Waals surface area contributed by atoms with Crippen LogP contribution in [0.1, 0.15) is 69.2 Å². The maximum absolute atomic E-state index is 2.62. The van der Waals surface area contributed by atoms with Gasteiger partial charge in [-0.15, -0.1) is 0 Å². The summed E-state index contributed by atoms with van der Waals surface area (Å²) in [5.74, 6) is 0. The number of hydrogen-bond acceptors (Lipinski definition) is 0. The van der Waals surface area contributed by atoms with E-state index in [1.54, 1.807) is 0 Å². The summed E-state index contributed by atoms with van der Waals surface area (Å²) in [7, 11) is -1.41. The summed E-state index contributed by atoms with van der Waals surface area (Å²) >= 11 is 0. The van der Waals surface area contributed by atoms with Crippen LogP contribution in [-0.4, -0.2) is 8.07 Å². The lowest BCUT2D eigenvalue weighted by molar-refractivity contribution is -0.0909. The van der Waals surface area contributed by atoms with Gasteiger partial charge in [-0.1, -0.05) is 82.3 Å². The molecule has 1 heterocycles. The average molecular weight is 269 g/mol. The third-order valence-corrected chi connectivity index (χ3v) is 16.9. The minimum absolute atomic E-state index is 0.329. The Balaban J connectivity index is 3.72. The number of hydrogen-bond donors (Lipinski definition) is 0. The second-order valence-electron chi connectivity index (χ2n) is 9.75. The second kappa shape index (κ2) is 3.45. The standard InChI is InChI=1S/C17H36Si/c1-13(2)14(3,4)16(7,8)18(11,12)17(9,10)15(13,5)6/h1-12H3. The van der Waals surface area contributed by atoms with Crippen molar-refractivity contribution in [2.75, 3.05) is 0 Å². The molecule has 0 N–H and O–H groups in total. The molecule has 0 aromatic rings. The van der Waals surface area contributed by atoms with Crippen molar-refractivity contribution >= 4 is 8.07 Å². The predicted molar refractivity (Wildman–Crippen MR) is 86.9 cm³/mol. The summed E-state index contributed by atoms with van der Waals surface area (Å²) in [6.45, 7) is 30.4. The van der Waals surface area contributed by atoms with E-state index in [1.165, 1.54) is 0 Å². The maximum Gasteiger partial charge on any atom is 0.0598 e. The molecule has 0 spiro atoms. The van der Waals surface area contributed by atoms with Crippen LogP contribution >= 0.6 is 0 Å². The summed E-state index contributed by atoms with van der Waals surface area (Å²) in [5.41, 5.74) is 1.04. The van der Waals surface area contributed by atoms with Gasteiger partial charge in [0.05, 0.1) is 8.07 Å². The van der Waals surface area contributed by atoms with Gasteiger partial charge >= 0.3 is 0 Å². The fourth-order valence-corrected chi connectivity index (χ4v) is 10.0.